The van der Waals surface area contributed by atoms with Crippen molar-refractivity contribution in [3.05, 3.63) is 107 Å². The minimum absolute atomic E-state index is 0.325. The molecule has 1 unspecified atom stereocenters. The van der Waals surface area contributed by atoms with E-state index in [1.165, 1.54) is 5.56 Å². The number of carbonyl (C=O) groups is 1. The molecule has 0 aliphatic heterocycles. The molecular weight excluding hydrogens is 412 g/mol. The Morgan fingerprint density at radius 3 is 2.15 bits per heavy atom. The third-order valence-corrected chi connectivity index (χ3v) is 5.25. The van der Waals surface area contributed by atoms with Gasteiger partial charge < -0.3 is 14.2 Å². The summed E-state index contributed by atoms with van der Waals surface area (Å²) in [5.74, 6) is 0.449. The van der Waals surface area contributed by atoms with Crippen LogP contribution in [0.25, 0.3) is 5.57 Å². The van der Waals surface area contributed by atoms with E-state index in [0.717, 1.165) is 28.0 Å². The van der Waals surface area contributed by atoms with E-state index in [1.54, 1.807) is 6.92 Å². The smallest absolute Gasteiger partial charge is 0.335 e. The summed E-state index contributed by atoms with van der Waals surface area (Å²) in [5.41, 5.74) is 5.68. The van der Waals surface area contributed by atoms with Gasteiger partial charge in [-0.25, -0.2) is 4.79 Å². The molecule has 1 atom stereocenters. The summed E-state index contributed by atoms with van der Waals surface area (Å²) in [5, 5.41) is 0. The van der Waals surface area contributed by atoms with E-state index < -0.39 is 6.10 Å². The zero-order chi connectivity index (χ0) is 23.5. The molecule has 3 rings (SSSR count). The highest BCUT2D eigenvalue weighted by molar-refractivity contribution is 5.80. The molecule has 0 heterocycles. The van der Waals surface area contributed by atoms with Crippen molar-refractivity contribution in [2.24, 2.45) is 0 Å². The summed E-state index contributed by atoms with van der Waals surface area (Å²) in [6.45, 7) is 7.01. The molecule has 0 saturated heterocycles. The predicted molar refractivity (Wildman–Crippen MR) is 132 cm³/mol. The molecule has 33 heavy (non-hydrogen) atoms. The lowest BCUT2D eigenvalue weighted by Gasteiger charge is -2.15. The summed E-state index contributed by atoms with van der Waals surface area (Å²) in [4.78, 5) is 12.1. The van der Waals surface area contributed by atoms with Crippen LogP contribution in [-0.4, -0.2) is 31.9 Å². The van der Waals surface area contributed by atoms with Crippen molar-refractivity contribution >= 4 is 11.5 Å². The predicted octanol–water partition coefficient (Wildman–Crippen LogP) is 6.02. The van der Waals surface area contributed by atoms with Gasteiger partial charge in [0.2, 0.25) is 0 Å². The molecule has 0 spiro atoms. The van der Waals surface area contributed by atoms with Crippen molar-refractivity contribution < 1.29 is 19.0 Å². The molecule has 0 aromatic heterocycles. The molecule has 3 aromatic rings. The third-order valence-electron chi connectivity index (χ3n) is 5.25. The van der Waals surface area contributed by atoms with Crippen LogP contribution in [0.5, 0.6) is 5.75 Å². The fourth-order valence-electron chi connectivity index (χ4n) is 3.56. The lowest BCUT2D eigenvalue weighted by atomic mass is 9.97. The Kier molecular flexibility index (Phi) is 9.28. The largest absolute Gasteiger partial charge is 0.490 e. The number of carbonyl (C=O) groups excluding carboxylic acids is 1. The second-order valence-corrected chi connectivity index (χ2v) is 7.70. The van der Waals surface area contributed by atoms with Crippen LogP contribution in [0.15, 0.2) is 84.9 Å². The molecule has 0 fully saturated rings. The van der Waals surface area contributed by atoms with Crippen molar-refractivity contribution in [3.8, 4) is 5.75 Å². The quantitative estimate of drug-likeness (QED) is 0.340. The van der Waals surface area contributed by atoms with Gasteiger partial charge in [-0.2, -0.15) is 0 Å². The zero-order valence-electron chi connectivity index (χ0n) is 19.6. The first-order valence-electron chi connectivity index (χ1n) is 11.4. The van der Waals surface area contributed by atoms with Crippen LogP contribution in [0.2, 0.25) is 0 Å². The van der Waals surface area contributed by atoms with Gasteiger partial charge in [-0.1, -0.05) is 72.3 Å². The summed E-state index contributed by atoms with van der Waals surface area (Å²) >= 11 is 0. The topological polar surface area (TPSA) is 44.8 Å². The Morgan fingerprint density at radius 1 is 0.848 bits per heavy atom. The molecule has 4 nitrogen and oxygen atoms in total. The van der Waals surface area contributed by atoms with E-state index in [-0.39, 0.29) is 5.97 Å². The second-order valence-electron chi connectivity index (χ2n) is 7.70. The highest BCUT2D eigenvalue weighted by Gasteiger charge is 2.20. The fourth-order valence-corrected chi connectivity index (χ4v) is 3.56. The van der Waals surface area contributed by atoms with Crippen molar-refractivity contribution in [1.82, 2.24) is 0 Å². The van der Waals surface area contributed by atoms with Gasteiger partial charge in [-0.15, -0.1) is 0 Å². The van der Waals surface area contributed by atoms with E-state index in [0.29, 0.717) is 26.2 Å². The zero-order valence-corrected chi connectivity index (χ0v) is 19.6. The van der Waals surface area contributed by atoms with Crippen molar-refractivity contribution in [2.45, 2.75) is 33.3 Å². The lowest BCUT2D eigenvalue weighted by Crippen LogP contribution is -2.28. The lowest BCUT2D eigenvalue weighted by molar-refractivity contribution is -0.156. The molecule has 0 aliphatic rings. The van der Waals surface area contributed by atoms with Crippen LogP contribution >= 0.6 is 0 Å². The molecule has 172 valence electrons. The molecular formula is C29H32O4. The van der Waals surface area contributed by atoms with Gasteiger partial charge in [0.25, 0.3) is 0 Å². The van der Waals surface area contributed by atoms with E-state index in [9.17, 15) is 4.79 Å². The molecule has 0 N–H and O–H groups in total. The van der Waals surface area contributed by atoms with Crippen LogP contribution in [0, 0.1) is 6.92 Å². The first-order valence-corrected chi connectivity index (χ1v) is 11.4. The van der Waals surface area contributed by atoms with Gasteiger partial charge in [0.1, 0.15) is 12.4 Å². The fraction of sp³-hybridized carbons (Fsp3) is 0.276. The number of ether oxygens (including phenoxy) is 3. The van der Waals surface area contributed by atoms with E-state index in [1.807, 2.05) is 49.4 Å². The number of aryl methyl sites for hydroxylation is 1. The first-order chi connectivity index (χ1) is 16.1. The van der Waals surface area contributed by atoms with E-state index in [4.69, 9.17) is 14.2 Å². The van der Waals surface area contributed by atoms with Gasteiger partial charge in [-0.3, -0.25) is 0 Å². The van der Waals surface area contributed by atoms with Crippen molar-refractivity contribution in [3.63, 3.8) is 0 Å². The van der Waals surface area contributed by atoms with Gasteiger partial charge in [0, 0.05) is 13.0 Å². The summed E-state index contributed by atoms with van der Waals surface area (Å²) < 4.78 is 16.7. The number of rotatable bonds is 11. The number of esters is 1. The minimum atomic E-state index is -0.590. The van der Waals surface area contributed by atoms with Crippen molar-refractivity contribution in [2.75, 3.05) is 19.8 Å². The van der Waals surface area contributed by atoms with Gasteiger partial charge >= 0.3 is 5.97 Å². The molecule has 0 radical (unpaired) electrons. The van der Waals surface area contributed by atoms with E-state index in [2.05, 4.69) is 49.4 Å². The molecule has 0 saturated carbocycles. The molecule has 3 aromatic carbocycles. The van der Waals surface area contributed by atoms with Crippen LogP contribution in [-0.2, 0) is 20.7 Å². The van der Waals surface area contributed by atoms with Crippen LogP contribution in [0.1, 0.15) is 36.1 Å². The van der Waals surface area contributed by atoms with Crippen LogP contribution in [0.3, 0.4) is 0 Å². The normalized spacial score (nSPS) is 12.3. The Morgan fingerprint density at radius 2 is 1.52 bits per heavy atom. The molecule has 0 amide bonds. The van der Waals surface area contributed by atoms with Gasteiger partial charge in [0.15, 0.2) is 6.10 Å². The van der Waals surface area contributed by atoms with Crippen LogP contribution < -0.4 is 4.74 Å². The standard InChI is InChI=1S/C29H32O4/c1-4-31-28(29(30)32-5-2)21-23-13-17-26(18-14-23)33-20-19-27(24-9-7-6-8-10-24)25-15-11-22(3)12-16-25/h6-19,28H,4-5,20-21H2,1-3H3/b27-19+. The highest BCUT2D eigenvalue weighted by Crippen LogP contribution is 2.24. The number of benzene rings is 3. The number of hydrogen-bond acceptors (Lipinski definition) is 4. The average molecular weight is 445 g/mol. The maximum Gasteiger partial charge on any atom is 0.335 e. The molecule has 4 heteroatoms. The SMILES string of the molecule is CCOC(=O)C(Cc1ccc(OC/C=C(\c2ccccc2)c2ccc(C)cc2)cc1)OCC. The van der Waals surface area contributed by atoms with Crippen LogP contribution in [0.4, 0.5) is 0 Å². The van der Waals surface area contributed by atoms with Crippen molar-refractivity contribution in [1.29, 1.82) is 0 Å². The Balaban J connectivity index is 1.67. The Labute approximate surface area is 196 Å². The molecule has 0 aliphatic carbocycles. The maximum absolute atomic E-state index is 12.1. The molecule has 0 bridgehead atoms. The maximum atomic E-state index is 12.1. The summed E-state index contributed by atoms with van der Waals surface area (Å²) in [6, 6.07) is 26.6. The highest BCUT2D eigenvalue weighted by atomic mass is 16.6. The minimum Gasteiger partial charge on any atom is -0.490 e. The van der Waals surface area contributed by atoms with E-state index >= 15 is 0 Å². The average Bonchev–Trinajstić information content (AvgIpc) is 2.84. The third kappa shape index (κ3) is 7.33. The number of hydrogen-bond donors (Lipinski definition) is 0. The Hall–Kier alpha value is -3.37. The van der Waals surface area contributed by atoms with Gasteiger partial charge in [-0.05, 0) is 61.2 Å². The monoisotopic (exact) mass is 444 g/mol. The second kappa shape index (κ2) is 12.6. The Bertz CT molecular complexity index is 1020. The summed E-state index contributed by atoms with van der Waals surface area (Å²) in [7, 11) is 0. The van der Waals surface area contributed by atoms with Gasteiger partial charge in [0.05, 0.1) is 6.61 Å². The first kappa shape index (κ1) is 24.3. The summed E-state index contributed by atoms with van der Waals surface area (Å²) in [6.07, 6.45) is 1.99.